The molecule has 1 N–H and O–H groups in total. The largest absolute Gasteiger partial charge is 0.387 e. The Hall–Kier alpha value is -1.60. The summed E-state index contributed by atoms with van der Waals surface area (Å²) in [4.78, 5) is 0. The van der Waals surface area contributed by atoms with Crippen molar-refractivity contribution in [3.63, 3.8) is 0 Å². The SMILES string of the molecule is Cc1cc(C)cc(C(O)C2(c3ccccc3)CC2)c1. The van der Waals surface area contributed by atoms with E-state index in [9.17, 15) is 5.11 Å². The molecule has 3 rings (SSSR count). The van der Waals surface area contributed by atoms with E-state index in [1.807, 2.05) is 6.07 Å². The molecule has 0 amide bonds. The molecule has 1 aliphatic carbocycles. The van der Waals surface area contributed by atoms with Gasteiger partial charge in [-0.05, 0) is 37.8 Å². The van der Waals surface area contributed by atoms with E-state index in [2.05, 4.69) is 56.3 Å². The van der Waals surface area contributed by atoms with Crippen LogP contribution in [0.25, 0.3) is 0 Å². The molecule has 1 saturated carbocycles. The third-order valence-corrected chi connectivity index (χ3v) is 4.22. The molecule has 98 valence electrons. The summed E-state index contributed by atoms with van der Waals surface area (Å²) in [6.45, 7) is 4.18. The molecule has 0 aromatic heterocycles. The summed E-state index contributed by atoms with van der Waals surface area (Å²) in [5.74, 6) is 0. The highest BCUT2D eigenvalue weighted by Crippen LogP contribution is 2.56. The fraction of sp³-hybridized carbons (Fsp3) is 0.333. The zero-order valence-corrected chi connectivity index (χ0v) is 11.6. The van der Waals surface area contributed by atoms with Gasteiger partial charge in [-0.1, -0.05) is 59.7 Å². The summed E-state index contributed by atoms with van der Waals surface area (Å²) in [7, 11) is 0. The molecule has 1 fully saturated rings. The zero-order valence-electron chi connectivity index (χ0n) is 11.6. The van der Waals surface area contributed by atoms with Crippen molar-refractivity contribution in [3.05, 3.63) is 70.8 Å². The number of benzene rings is 2. The zero-order chi connectivity index (χ0) is 13.5. The van der Waals surface area contributed by atoms with Gasteiger partial charge < -0.3 is 5.11 Å². The van der Waals surface area contributed by atoms with E-state index < -0.39 is 6.10 Å². The molecule has 0 aliphatic heterocycles. The quantitative estimate of drug-likeness (QED) is 0.873. The van der Waals surface area contributed by atoms with Gasteiger partial charge in [-0.2, -0.15) is 0 Å². The highest BCUT2D eigenvalue weighted by molar-refractivity contribution is 5.39. The van der Waals surface area contributed by atoms with Gasteiger partial charge in [-0.15, -0.1) is 0 Å². The van der Waals surface area contributed by atoms with E-state index >= 15 is 0 Å². The van der Waals surface area contributed by atoms with Crippen LogP contribution in [0.15, 0.2) is 48.5 Å². The molecular formula is C18H20O. The number of aryl methyl sites for hydroxylation is 2. The van der Waals surface area contributed by atoms with Crippen molar-refractivity contribution in [2.75, 3.05) is 0 Å². The second kappa shape index (κ2) is 4.50. The summed E-state index contributed by atoms with van der Waals surface area (Å²) < 4.78 is 0. The Morgan fingerprint density at radius 2 is 1.53 bits per heavy atom. The first kappa shape index (κ1) is 12.4. The normalized spacial score (nSPS) is 18.1. The van der Waals surface area contributed by atoms with Gasteiger partial charge in [0.15, 0.2) is 0 Å². The molecule has 1 nitrogen and oxygen atoms in total. The van der Waals surface area contributed by atoms with Crippen LogP contribution in [0, 0.1) is 13.8 Å². The number of hydrogen-bond donors (Lipinski definition) is 1. The van der Waals surface area contributed by atoms with Gasteiger partial charge in [-0.25, -0.2) is 0 Å². The first-order valence-corrected chi connectivity index (χ1v) is 6.94. The van der Waals surface area contributed by atoms with Crippen LogP contribution in [0.2, 0.25) is 0 Å². The highest BCUT2D eigenvalue weighted by atomic mass is 16.3. The summed E-state index contributed by atoms with van der Waals surface area (Å²) in [5, 5.41) is 10.8. The molecule has 0 saturated heterocycles. The first-order chi connectivity index (χ1) is 9.12. The fourth-order valence-electron chi connectivity index (χ4n) is 3.11. The van der Waals surface area contributed by atoms with Gasteiger partial charge in [-0.3, -0.25) is 0 Å². The molecular weight excluding hydrogens is 232 g/mol. The predicted octanol–water partition coefficient (Wildman–Crippen LogP) is 4.07. The summed E-state index contributed by atoms with van der Waals surface area (Å²) >= 11 is 0. The van der Waals surface area contributed by atoms with Crippen molar-refractivity contribution in [1.29, 1.82) is 0 Å². The van der Waals surface area contributed by atoms with Crippen LogP contribution in [0.5, 0.6) is 0 Å². The van der Waals surface area contributed by atoms with Gasteiger partial charge in [0.25, 0.3) is 0 Å². The fourth-order valence-corrected chi connectivity index (χ4v) is 3.11. The Balaban J connectivity index is 1.98. The summed E-state index contributed by atoms with van der Waals surface area (Å²) in [6.07, 6.45) is 1.75. The Bertz CT molecular complexity index is 562. The van der Waals surface area contributed by atoms with E-state index in [4.69, 9.17) is 0 Å². The minimum absolute atomic E-state index is 0.0541. The van der Waals surface area contributed by atoms with Crippen molar-refractivity contribution in [3.8, 4) is 0 Å². The maximum absolute atomic E-state index is 10.8. The highest BCUT2D eigenvalue weighted by Gasteiger charge is 2.50. The third kappa shape index (κ3) is 2.19. The van der Waals surface area contributed by atoms with Crippen LogP contribution >= 0.6 is 0 Å². The minimum atomic E-state index is -0.395. The van der Waals surface area contributed by atoms with Crippen LogP contribution in [0.1, 0.15) is 41.2 Å². The summed E-state index contributed by atoms with van der Waals surface area (Å²) in [6, 6.07) is 16.8. The Morgan fingerprint density at radius 1 is 0.947 bits per heavy atom. The lowest BCUT2D eigenvalue weighted by molar-refractivity contribution is 0.133. The predicted molar refractivity (Wildman–Crippen MR) is 78.2 cm³/mol. The van der Waals surface area contributed by atoms with E-state index in [0.717, 1.165) is 18.4 Å². The maximum Gasteiger partial charge on any atom is 0.0886 e. The maximum atomic E-state index is 10.8. The van der Waals surface area contributed by atoms with Crippen LogP contribution in [0.3, 0.4) is 0 Å². The molecule has 0 spiro atoms. The summed E-state index contributed by atoms with van der Waals surface area (Å²) in [5.41, 5.74) is 4.71. The number of aliphatic hydroxyl groups excluding tert-OH is 1. The Labute approximate surface area is 114 Å². The van der Waals surface area contributed by atoms with Crippen LogP contribution in [0.4, 0.5) is 0 Å². The van der Waals surface area contributed by atoms with Gasteiger partial charge in [0.2, 0.25) is 0 Å². The second-order valence-electron chi connectivity index (χ2n) is 5.85. The lowest BCUT2D eigenvalue weighted by Crippen LogP contribution is -2.18. The molecule has 1 heteroatoms. The number of aliphatic hydroxyl groups is 1. The molecule has 2 aromatic rings. The average Bonchev–Trinajstić information content (AvgIpc) is 3.19. The Kier molecular flexibility index (Phi) is 2.94. The lowest BCUT2D eigenvalue weighted by atomic mass is 9.85. The number of rotatable bonds is 3. The van der Waals surface area contributed by atoms with Crippen LogP contribution < -0.4 is 0 Å². The minimum Gasteiger partial charge on any atom is -0.387 e. The molecule has 2 aromatic carbocycles. The molecule has 0 radical (unpaired) electrons. The monoisotopic (exact) mass is 252 g/mol. The van der Waals surface area contributed by atoms with Gasteiger partial charge in [0.1, 0.15) is 0 Å². The van der Waals surface area contributed by atoms with Gasteiger partial charge in [0.05, 0.1) is 6.10 Å². The van der Waals surface area contributed by atoms with Crippen LogP contribution in [-0.2, 0) is 5.41 Å². The van der Waals surface area contributed by atoms with Crippen molar-refractivity contribution in [2.45, 2.75) is 38.2 Å². The molecule has 1 unspecified atom stereocenters. The molecule has 19 heavy (non-hydrogen) atoms. The number of hydrogen-bond acceptors (Lipinski definition) is 1. The van der Waals surface area contributed by atoms with Crippen molar-refractivity contribution in [1.82, 2.24) is 0 Å². The van der Waals surface area contributed by atoms with E-state index in [0.29, 0.717) is 0 Å². The van der Waals surface area contributed by atoms with Crippen LogP contribution in [-0.4, -0.2) is 5.11 Å². The first-order valence-electron chi connectivity index (χ1n) is 6.94. The molecule has 0 bridgehead atoms. The van der Waals surface area contributed by atoms with E-state index in [-0.39, 0.29) is 5.41 Å². The second-order valence-corrected chi connectivity index (χ2v) is 5.85. The lowest BCUT2D eigenvalue weighted by Gasteiger charge is -2.24. The van der Waals surface area contributed by atoms with Crippen molar-refractivity contribution >= 4 is 0 Å². The molecule has 0 heterocycles. The standard InChI is InChI=1S/C18H20O/c1-13-10-14(2)12-15(11-13)17(19)18(8-9-18)16-6-4-3-5-7-16/h3-7,10-12,17,19H,8-9H2,1-2H3. The van der Waals surface area contributed by atoms with Crippen molar-refractivity contribution in [2.24, 2.45) is 0 Å². The van der Waals surface area contributed by atoms with E-state index in [1.165, 1.54) is 16.7 Å². The average molecular weight is 252 g/mol. The molecule has 1 atom stereocenters. The topological polar surface area (TPSA) is 20.2 Å². The third-order valence-electron chi connectivity index (χ3n) is 4.22. The van der Waals surface area contributed by atoms with Crippen molar-refractivity contribution < 1.29 is 5.11 Å². The van der Waals surface area contributed by atoms with Gasteiger partial charge >= 0.3 is 0 Å². The van der Waals surface area contributed by atoms with E-state index in [1.54, 1.807) is 0 Å². The molecule has 1 aliphatic rings. The van der Waals surface area contributed by atoms with Gasteiger partial charge in [0, 0.05) is 5.41 Å². The smallest absolute Gasteiger partial charge is 0.0886 e. The Morgan fingerprint density at radius 3 is 2.05 bits per heavy atom.